The summed E-state index contributed by atoms with van der Waals surface area (Å²) in [7, 11) is 1.86. The van der Waals surface area contributed by atoms with Crippen LogP contribution in [0.5, 0.6) is 0 Å². The molecule has 2 aliphatic carbocycles. The number of anilines is 1. The standard InChI is InChI=1S/C18H22N6O/c1-23(18(25)16-8-15(20-21-16)12-4-5-12)13-9-24(10-13)17-7-6-14(19-22-17)11-2-3-11/h6-8,11-13H,2-5,9-10H2,1H3,(H,20,21). The van der Waals surface area contributed by atoms with E-state index in [4.69, 9.17) is 0 Å². The van der Waals surface area contributed by atoms with E-state index in [-0.39, 0.29) is 11.9 Å². The molecular weight excluding hydrogens is 316 g/mol. The zero-order chi connectivity index (χ0) is 17.0. The second-order valence-corrected chi connectivity index (χ2v) is 7.55. The molecule has 0 atom stereocenters. The van der Waals surface area contributed by atoms with E-state index < -0.39 is 0 Å². The molecule has 0 spiro atoms. The Bertz CT molecular complexity index is 786. The number of amides is 1. The van der Waals surface area contributed by atoms with Gasteiger partial charge in [-0.15, -0.1) is 5.10 Å². The highest BCUT2D eigenvalue weighted by Gasteiger charge is 2.35. The van der Waals surface area contributed by atoms with Crippen molar-refractivity contribution in [3.8, 4) is 0 Å². The predicted molar refractivity (Wildman–Crippen MR) is 92.7 cm³/mol. The van der Waals surface area contributed by atoms with E-state index in [1.165, 1.54) is 25.7 Å². The van der Waals surface area contributed by atoms with E-state index in [2.05, 4.69) is 31.4 Å². The smallest absolute Gasteiger partial charge is 0.274 e. The van der Waals surface area contributed by atoms with Gasteiger partial charge in [0.15, 0.2) is 5.82 Å². The second-order valence-electron chi connectivity index (χ2n) is 7.55. The summed E-state index contributed by atoms with van der Waals surface area (Å²) in [6.07, 6.45) is 4.87. The molecule has 1 N–H and O–H groups in total. The minimum atomic E-state index is -0.0111. The number of nitrogens with zero attached hydrogens (tertiary/aromatic N) is 5. The van der Waals surface area contributed by atoms with Crippen LogP contribution in [0.4, 0.5) is 5.82 Å². The molecule has 2 saturated carbocycles. The Hall–Kier alpha value is -2.44. The number of hydrogen-bond acceptors (Lipinski definition) is 5. The Kier molecular flexibility index (Phi) is 3.29. The summed E-state index contributed by atoms with van der Waals surface area (Å²) < 4.78 is 0. The predicted octanol–water partition coefficient (Wildman–Crippen LogP) is 1.92. The quantitative estimate of drug-likeness (QED) is 0.901. The molecule has 0 unspecified atom stereocenters. The molecule has 3 heterocycles. The van der Waals surface area contributed by atoms with Gasteiger partial charge in [0.05, 0.1) is 11.7 Å². The number of H-pyrrole nitrogens is 1. The fraction of sp³-hybridized carbons (Fsp3) is 0.556. The fourth-order valence-corrected chi connectivity index (χ4v) is 3.38. The number of rotatable bonds is 5. The first-order chi connectivity index (χ1) is 12.2. The molecule has 7 nitrogen and oxygen atoms in total. The molecule has 3 aliphatic rings. The minimum absolute atomic E-state index is 0.0111. The van der Waals surface area contributed by atoms with Gasteiger partial charge in [0.25, 0.3) is 5.91 Å². The summed E-state index contributed by atoms with van der Waals surface area (Å²) in [5.74, 6) is 2.10. The van der Waals surface area contributed by atoms with Crippen molar-refractivity contribution in [1.29, 1.82) is 0 Å². The van der Waals surface area contributed by atoms with Gasteiger partial charge in [-0.3, -0.25) is 9.89 Å². The second kappa shape index (κ2) is 5.54. The highest BCUT2D eigenvalue weighted by Crippen LogP contribution is 2.39. The summed E-state index contributed by atoms with van der Waals surface area (Å²) in [5.41, 5.74) is 2.73. The lowest BCUT2D eigenvalue weighted by molar-refractivity contribution is 0.0699. The number of aromatic amines is 1. The molecule has 0 bridgehead atoms. The van der Waals surface area contributed by atoms with Crippen molar-refractivity contribution in [1.82, 2.24) is 25.3 Å². The van der Waals surface area contributed by atoms with Gasteiger partial charge in [0, 0.05) is 37.7 Å². The first-order valence-electron chi connectivity index (χ1n) is 9.10. The van der Waals surface area contributed by atoms with E-state index >= 15 is 0 Å². The third kappa shape index (κ3) is 2.77. The van der Waals surface area contributed by atoms with E-state index in [1.807, 2.05) is 19.2 Å². The molecule has 2 aromatic heterocycles. The number of nitrogens with one attached hydrogen (secondary N) is 1. The van der Waals surface area contributed by atoms with Gasteiger partial charge in [-0.25, -0.2) is 0 Å². The molecule has 5 rings (SSSR count). The molecule has 130 valence electrons. The summed E-state index contributed by atoms with van der Waals surface area (Å²) in [6.45, 7) is 1.58. The topological polar surface area (TPSA) is 78.0 Å². The molecule has 0 aromatic carbocycles. The van der Waals surface area contributed by atoms with Crippen LogP contribution in [-0.4, -0.2) is 57.4 Å². The third-order valence-corrected chi connectivity index (χ3v) is 5.56. The number of carbonyl (C=O) groups excluding carboxylic acids is 1. The normalized spacial score (nSPS) is 20.4. The van der Waals surface area contributed by atoms with Crippen molar-refractivity contribution in [2.45, 2.75) is 43.6 Å². The maximum atomic E-state index is 12.6. The molecule has 0 radical (unpaired) electrons. The molecule has 25 heavy (non-hydrogen) atoms. The van der Waals surface area contributed by atoms with Gasteiger partial charge in [-0.05, 0) is 43.9 Å². The van der Waals surface area contributed by atoms with Crippen molar-refractivity contribution in [2.24, 2.45) is 0 Å². The highest BCUT2D eigenvalue weighted by atomic mass is 16.2. The SMILES string of the molecule is CN(C(=O)c1cc(C2CC2)[nH]n1)C1CN(c2ccc(C3CC3)nn2)C1. The van der Waals surface area contributed by atoms with Crippen LogP contribution in [0.2, 0.25) is 0 Å². The number of likely N-dealkylation sites (N-methyl/N-ethyl adjacent to an activating group) is 1. The molecule has 1 aliphatic heterocycles. The Morgan fingerprint density at radius 1 is 1.16 bits per heavy atom. The van der Waals surface area contributed by atoms with Crippen LogP contribution in [-0.2, 0) is 0 Å². The van der Waals surface area contributed by atoms with E-state index in [1.54, 1.807) is 4.90 Å². The first kappa shape index (κ1) is 14.9. The Balaban J connectivity index is 1.19. The van der Waals surface area contributed by atoms with Crippen LogP contribution >= 0.6 is 0 Å². The molecule has 1 saturated heterocycles. The summed E-state index contributed by atoms with van der Waals surface area (Å²) in [4.78, 5) is 16.6. The minimum Gasteiger partial charge on any atom is -0.351 e. The molecular formula is C18H22N6O. The number of hydrogen-bond donors (Lipinski definition) is 1. The average molecular weight is 338 g/mol. The highest BCUT2D eigenvalue weighted by molar-refractivity contribution is 5.92. The van der Waals surface area contributed by atoms with Crippen LogP contribution in [0.25, 0.3) is 0 Å². The maximum Gasteiger partial charge on any atom is 0.274 e. The summed E-state index contributed by atoms with van der Waals surface area (Å²) >= 11 is 0. The van der Waals surface area contributed by atoms with Gasteiger partial charge in [-0.1, -0.05) is 0 Å². The lowest BCUT2D eigenvalue weighted by Crippen LogP contribution is -2.60. The zero-order valence-corrected chi connectivity index (χ0v) is 14.4. The van der Waals surface area contributed by atoms with Crippen LogP contribution in [0, 0.1) is 0 Å². The van der Waals surface area contributed by atoms with Crippen LogP contribution in [0.3, 0.4) is 0 Å². The Labute approximate surface area is 146 Å². The van der Waals surface area contributed by atoms with Crippen molar-refractivity contribution in [3.05, 3.63) is 35.3 Å². The van der Waals surface area contributed by atoms with E-state index in [0.29, 0.717) is 17.5 Å². The van der Waals surface area contributed by atoms with E-state index in [9.17, 15) is 4.79 Å². The summed E-state index contributed by atoms with van der Waals surface area (Å²) in [6, 6.07) is 6.24. The molecule has 3 fully saturated rings. The van der Waals surface area contributed by atoms with Gasteiger partial charge in [0.2, 0.25) is 0 Å². The van der Waals surface area contributed by atoms with E-state index in [0.717, 1.165) is 30.3 Å². The van der Waals surface area contributed by atoms with Gasteiger partial charge in [0.1, 0.15) is 5.69 Å². The number of carbonyl (C=O) groups is 1. The van der Waals surface area contributed by atoms with Gasteiger partial charge in [-0.2, -0.15) is 10.2 Å². The summed E-state index contributed by atoms with van der Waals surface area (Å²) in [5, 5.41) is 15.9. The lowest BCUT2D eigenvalue weighted by atomic mass is 10.1. The fourth-order valence-electron chi connectivity index (χ4n) is 3.38. The maximum absolute atomic E-state index is 12.6. The lowest BCUT2D eigenvalue weighted by Gasteiger charge is -2.44. The third-order valence-electron chi connectivity index (χ3n) is 5.56. The van der Waals surface area contributed by atoms with Crippen molar-refractivity contribution in [3.63, 3.8) is 0 Å². The van der Waals surface area contributed by atoms with Crippen LogP contribution in [0.1, 0.15) is 59.4 Å². The largest absolute Gasteiger partial charge is 0.351 e. The molecule has 2 aromatic rings. The Morgan fingerprint density at radius 2 is 1.92 bits per heavy atom. The van der Waals surface area contributed by atoms with Crippen LogP contribution in [0.15, 0.2) is 18.2 Å². The Morgan fingerprint density at radius 3 is 2.56 bits per heavy atom. The van der Waals surface area contributed by atoms with Crippen molar-refractivity contribution >= 4 is 11.7 Å². The van der Waals surface area contributed by atoms with Crippen LogP contribution < -0.4 is 4.90 Å². The van der Waals surface area contributed by atoms with Gasteiger partial charge < -0.3 is 9.80 Å². The van der Waals surface area contributed by atoms with Crippen molar-refractivity contribution in [2.75, 3.05) is 25.0 Å². The number of aromatic nitrogens is 4. The van der Waals surface area contributed by atoms with Crippen molar-refractivity contribution < 1.29 is 4.79 Å². The first-order valence-corrected chi connectivity index (χ1v) is 9.10. The molecule has 1 amide bonds. The zero-order valence-electron chi connectivity index (χ0n) is 14.4. The average Bonchev–Trinajstić information content (AvgIpc) is 3.52. The van der Waals surface area contributed by atoms with Gasteiger partial charge >= 0.3 is 0 Å². The molecule has 7 heteroatoms. The monoisotopic (exact) mass is 338 g/mol.